The van der Waals surface area contributed by atoms with E-state index < -0.39 is 34.0 Å². The van der Waals surface area contributed by atoms with E-state index in [1.807, 2.05) is 0 Å². The van der Waals surface area contributed by atoms with Crippen molar-refractivity contribution in [2.45, 2.75) is 12.6 Å². The zero-order valence-electron chi connectivity index (χ0n) is 7.32. The lowest BCUT2D eigenvalue weighted by atomic mass is 10.1. The Balaban J connectivity index is 3.46. The molecule has 0 aliphatic heterocycles. The topological polar surface area (TPSA) is 36.7 Å². The molecule has 0 unspecified atom stereocenters. The van der Waals surface area contributed by atoms with Crippen molar-refractivity contribution in [2.24, 2.45) is 0 Å². The Hall–Kier alpha value is -1.23. The Labute approximate surface area is 94.8 Å². The number of rotatable bonds is 1. The van der Waals surface area contributed by atoms with E-state index in [4.69, 9.17) is 5.26 Å². The molecule has 0 amide bonds. The van der Waals surface area contributed by atoms with Crippen molar-refractivity contribution in [1.82, 2.24) is 4.98 Å². The van der Waals surface area contributed by atoms with Gasteiger partial charge in [-0.15, -0.1) is 0 Å². The number of hydrogen-bond donors (Lipinski definition) is 0. The fraction of sp³-hybridized carbons (Fsp3) is 0.250. The number of nitriles is 1. The molecular formula is C8H2BrF5N2. The van der Waals surface area contributed by atoms with Crippen LogP contribution in [-0.4, -0.2) is 4.98 Å². The van der Waals surface area contributed by atoms with Gasteiger partial charge in [-0.3, -0.25) is 0 Å². The molecule has 2 nitrogen and oxygen atoms in total. The van der Waals surface area contributed by atoms with Gasteiger partial charge in [0, 0.05) is 0 Å². The lowest BCUT2D eigenvalue weighted by Gasteiger charge is -2.10. The number of hydrogen-bond acceptors (Lipinski definition) is 2. The van der Waals surface area contributed by atoms with Crippen LogP contribution in [0.5, 0.6) is 0 Å². The Morgan fingerprint density at radius 2 is 1.94 bits per heavy atom. The van der Waals surface area contributed by atoms with E-state index in [-0.39, 0.29) is 0 Å². The predicted octanol–water partition coefficient (Wildman–Crippen LogP) is 3.67. The SMILES string of the molecule is N#Cc1cc(C(F)(F)F)nc(Br)c1C(F)F. The quantitative estimate of drug-likeness (QED) is 0.586. The number of nitrogens with zero attached hydrogens (tertiary/aromatic N) is 2. The summed E-state index contributed by atoms with van der Waals surface area (Å²) in [5, 5.41) is 8.48. The van der Waals surface area contributed by atoms with E-state index in [1.54, 1.807) is 0 Å². The van der Waals surface area contributed by atoms with Gasteiger partial charge >= 0.3 is 6.18 Å². The molecule has 0 spiro atoms. The molecule has 0 aromatic carbocycles. The largest absolute Gasteiger partial charge is 0.433 e. The Morgan fingerprint density at radius 3 is 2.31 bits per heavy atom. The standard InChI is InChI=1S/C8H2BrF5N2/c9-6-5(7(10)11)3(2-15)1-4(16-6)8(12,13)14/h1,7H. The lowest BCUT2D eigenvalue weighted by Crippen LogP contribution is -2.10. The third-order valence-corrected chi connectivity index (χ3v) is 2.25. The first-order valence-electron chi connectivity index (χ1n) is 3.73. The summed E-state index contributed by atoms with van der Waals surface area (Å²) >= 11 is 2.49. The van der Waals surface area contributed by atoms with Crippen LogP contribution in [0.4, 0.5) is 22.0 Å². The monoisotopic (exact) mass is 300 g/mol. The van der Waals surface area contributed by atoms with Crippen LogP contribution in [0, 0.1) is 11.3 Å². The molecule has 0 saturated heterocycles. The van der Waals surface area contributed by atoms with E-state index in [0.717, 1.165) is 0 Å². The van der Waals surface area contributed by atoms with Gasteiger partial charge < -0.3 is 0 Å². The van der Waals surface area contributed by atoms with Crippen molar-refractivity contribution >= 4 is 15.9 Å². The van der Waals surface area contributed by atoms with E-state index in [0.29, 0.717) is 6.07 Å². The summed E-state index contributed by atoms with van der Waals surface area (Å²) in [7, 11) is 0. The van der Waals surface area contributed by atoms with Crippen LogP contribution in [0.25, 0.3) is 0 Å². The minimum Gasteiger partial charge on any atom is -0.236 e. The van der Waals surface area contributed by atoms with E-state index in [9.17, 15) is 22.0 Å². The fourth-order valence-corrected chi connectivity index (χ4v) is 1.55. The maximum absolute atomic E-state index is 12.4. The molecular weight excluding hydrogens is 299 g/mol. The fourth-order valence-electron chi connectivity index (χ4n) is 0.969. The molecule has 0 fully saturated rings. The van der Waals surface area contributed by atoms with Gasteiger partial charge in [0.05, 0.1) is 17.2 Å². The summed E-state index contributed by atoms with van der Waals surface area (Å²) in [6.07, 6.45) is -7.85. The van der Waals surface area contributed by atoms with Crippen LogP contribution in [0.2, 0.25) is 0 Å². The molecule has 0 aliphatic carbocycles. The lowest BCUT2D eigenvalue weighted by molar-refractivity contribution is -0.141. The van der Waals surface area contributed by atoms with Crippen LogP contribution in [-0.2, 0) is 6.18 Å². The first-order chi connectivity index (χ1) is 7.27. The highest BCUT2D eigenvalue weighted by Gasteiger charge is 2.35. The van der Waals surface area contributed by atoms with Crippen molar-refractivity contribution in [3.63, 3.8) is 0 Å². The minimum absolute atomic E-state index is 0.298. The molecule has 0 radical (unpaired) electrons. The maximum atomic E-state index is 12.4. The second-order valence-corrected chi connectivity index (χ2v) is 3.42. The average Bonchev–Trinajstić information content (AvgIpc) is 2.14. The van der Waals surface area contributed by atoms with Crippen molar-refractivity contribution < 1.29 is 22.0 Å². The summed E-state index contributed by atoms with van der Waals surface area (Å²) in [6.45, 7) is 0. The molecule has 0 saturated carbocycles. The van der Waals surface area contributed by atoms with Gasteiger partial charge in [0.1, 0.15) is 10.3 Å². The van der Waals surface area contributed by atoms with Gasteiger partial charge in [-0.1, -0.05) is 0 Å². The average molecular weight is 301 g/mol. The normalized spacial score (nSPS) is 11.6. The van der Waals surface area contributed by atoms with Crippen molar-refractivity contribution in [1.29, 1.82) is 5.26 Å². The highest BCUT2D eigenvalue weighted by Crippen LogP contribution is 2.34. The molecule has 86 valence electrons. The molecule has 1 rings (SSSR count). The predicted molar refractivity (Wildman–Crippen MR) is 46.6 cm³/mol. The smallest absolute Gasteiger partial charge is 0.236 e. The van der Waals surface area contributed by atoms with Crippen LogP contribution >= 0.6 is 15.9 Å². The number of pyridine rings is 1. The van der Waals surface area contributed by atoms with Crippen molar-refractivity contribution in [3.05, 3.63) is 27.5 Å². The Kier molecular flexibility index (Phi) is 3.48. The van der Waals surface area contributed by atoms with Crippen LogP contribution < -0.4 is 0 Å². The van der Waals surface area contributed by atoms with Crippen LogP contribution in [0.15, 0.2) is 10.7 Å². The van der Waals surface area contributed by atoms with Crippen LogP contribution in [0.3, 0.4) is 0 Å². The molecule has 1 aromatic rings. The van der Waals surface area contributed by atoms with Gasteiger partial charge in [-0.2, -0.15) is 18.4 Å². The Morgan fingerprint density at radius 1 is 1.38 bits per heavy atom. The molecule has 0 aliphatic rings. The third-order valence-electron chi connectivity index (χ3n) is 1.64. The van der Waals surface area contributed by atoms with Gasteiger partial charge in [-0.25, -0.2) is 13.8 Å². The summed E-state index contributed by atoms with van der Waals surface area (Å²) in [5.41, 5.74) is -2.97. The molecule has 1 heterocycles. The van der Waals surface area contributed by atoms with Gasteiger partial charge in [0.25, 0.3) is 6.43 Å². The zero-order chi connectivity index (χ0) is 12.5. The second-order valence-electron chi connectivity index (χ2n) is 2.67. The summed E-state index contributed by atoms with van der Waals surface area (Å²) < 4.78 is 60.8. The zero-order valence-corrected chi connectivity index (χ0v) is 8.90. The summed E-state index contributed by atoms with van der Waals surface area (Å²) in [5.74, 6) is 0. The van der Waals surface area contributed by atoms with E-state index in [1.165, 1.54) is 6.07 Å². The Bertz CT molecular complexity index is 449. The van der Waals surface area contributed by atoms with E-state index >= 15 is 0 Å². The summed E-state index contributed by atoms with van der Waals surface area (Å²) in [6, 6.07) is 1.58. The molecule has 16 heavy (non-hydrogen) atoms. The molecule has 0 N–H and O–H groups in total. The van der Waals surface area contributed by atoms with Crippen LogP contribution in [0.1, 0.15) is 23.2 Å². The molecule has 8 heteroatoms. The van der Waals surface area contributed by atoms with Crippen molar-refractivity contribution in [2.75, 3.05) is 0 Å². The molecule has 1 aromatic heterocycles. The molecule has 0 bridgehead atoms. The number of halogens is 6. The second kappa shape index (κ2) is 4.33. The van der Waals surface area contributed by atoms with Gasteiger partial charge in [0.15, 0.2) is 0 Å². The highest BCUT2D eigenvalue weighted by molar-refractivity contribution is 9.10. The van der Waals surface area contributed by atoms with Gasteiger partial charge in [-0.05, 0) is 22.0 Å². The molecule has 0 atom stereocenters. The number of alkyl halides is 5. The first kappa shape index (κ1) is 12.8. The first-order valence-corrected chi connectivity index (χ1v) is 4.52. The van der Waals surface area contributed by atoms with E-state index in [2.05, 4.69) is 20.9 Å². The highest BCUT2D eigenvalue weighted by atomic mass is 79.9. The third kappa shape index (κ3) is 2.47. The maximum Gasteiger partial charge on any atom is 0.433 e. The van der Waals surface area contributed by atoms with Crippen molar-refractivity contribution in [3.8, 4) is 6.07 Å². The minimum atomic E-state index is -4.78. The number of aromatic nitrogens is 1. The summed E-state index contributed by atoms with van der Waals surface area (Å²) in [4.78, 5) is 2.93. The van der Waals surface area contributed by atoms with Gasteiger partial charge in [0.2, 0.25) is 0 Å².